The molecular weight excluding hydrogens is 221 g/mol. The van der Waals surface area contributed by atoms with Crippen LogP contribution >= 0.6 is 0 Å². The summed E-state index contributed by atoms with van der Waals surface area (Å²) in [4.78, 5) is 0. The zero-order valence-electron chi connectivity index (χ0n) is 9.99. The lowest BCUT2D eigenvalue weighted by atomic mass is 10.0. The van der Waals surface area contributed by atoms with Gasteiger partial charge in [0.1, 0.15) is 17.4 Å². The van der Waals surface area contributed by atoms with E-state index in [4.69, 9.17) is 10.5 Å². The number of rotatable bonds is 2. The van der Waals surface area contributed by atoms with Crippen molar-refractivity contribution in [3.8, 4) is 16.9 Å². The summed E-state index contributed by atoms with van der Waals surface area (Å²) in [5, 5.41) is 4.00. The SMILES string of the molecule is COc1cc(-c2cnn(C)c2N)c(F)cc1C. The number of nitrogens with zero attached hydrogens (tertiary/aromatic N) is 2. The lowest BCUT2D eigenvalue weighted by Gasteiger charge is -2.09. The Bertz CT molecular complexity index is 563. The number of aryl methyl sites for hydroxylation is 2. The fourth-order valence-corrected chi connectivity index (χ4v) is 1.73. The van der Waals surface area contributed by atoms with Crippen LogP contribution in [0, 0.1) is 12.7 Å². The van der Waals surface area contributed by atoms with Gasteiger partial charge in [-0.15, -0.1) is 0 Å². The molecule has 0 spiro atoms. The predicted molar refractivity (Wildman–Crippen MR) is 64.3 cm³/mol. The number of anilines is 1. The Morgan fingerprint density at radius 2 is 2.06 bits per heavy atom. The van der Waals surface area contributed by atoms with Gasteiger partial charge in [-0.2, -0.15) is 5.10 Å². The fraction of sp³-hybridized carbons (Fsp3) is 0.250. The van der Waals surface area contributed by atoms with Crippen molar-refractivity contribution >= 4 is 5.82 Å². The van der Waals surface area contributed by atoms with Crippen LogP contribution in [0.4, 0.5) is 10.2 Å². The Kier molecular flexibility index (Phi) is 2.75. The van der Waals surface area contributed by atoms with Crippen molar-refractivity contribution in [3.63, 3.8) is 0 Å². The van der Waals surface area contributed by atoms with Gasteiger partial charge in [0, 0.05) is 18.2 Å². The number of nitrogens with two attached hydrogens (primary N) is 1. The minimum absolute atomic E-state index is 0.331. The molecule has 4 nitrogen and oxygen atoms in total. The van der Waals surface area contributed by atoms with Gasteiger partial charge >= 0.3 is 0 Å². The first kappa shape index (κ1) is 11.4. The van der Waals surface area contributed by atoms with Gasteiger partial charge in [-0.1, -0.05) is 0 Å². The molecule has 0 aliphatic carbocycles. The minimum atomic E-state index is -0.331. The highest BCUT2D eigenvalue weighted by molar-refractivity contribution is 5.75. The largest absolute Gasteiger partial charge is 0.496 e. The second-order valence-electron chi connectivity index (χ2n) is 3.87. The van der Waals surface area contributed by atoms with E-state index >= 15 is 0 Å². The molecular formula is C12H14FN3O. The zero-order valence-corrected chi connectivity index (χ0v) is 9.99. The van der Waals surface area contributed by atoms with E-state index < -0.39 is 0 Å². The second-order valence-corrected chi connectivity index (χ2v) is 3.87. The van der Waals surface area contributed by atoms with E-state index in [0.29, 0.717) is 22.7 Å². The van der Waals surface area contributed by atoms with Crippen LogP contribution in [0.3, 0.4) is 0 Å². The molecule has 5 heteroatoms. The van der Waals surface area contributed by atoms with Crippen molar-refractivity contribution in [1.29, 1.82) is 0 Å². The third kappa shape index (κ3) is 1.84. The highest BCUT2D eigenvalue weighted by Gasteiger charge is 2.14. The maximum absolute atomic E-state index is 13.9. The number of methoxy groups -OCH3 is 1. The third-order valence-corrected chi connectivity index (χ3v) is 2.76. The lowest BCUT2D eigenvalue weighted by molar-refractivity contribution is 0.410. The molecule has 0 fully saturated rings. The number of benzene rings is 1. The monoisotopic (exact) mass is 235 g/mol. The summed E-state index contributed by atoms with van der Waals surface area (Å²) in [6.45, 7) is 1.79. The van der Waals surface area contributed by atoms with E-state index in [0.717, 1.165) is 5.56 Å². The van der Waals surface area contributed by atoms with Gasteiger partial charge in [0.05, 0.1) is 13.3 Å². The second kappa shape index (κ2) is 4.08. The quantitative estimate of drug-likeness (QED) is 0.867. The van der Waals surface area contributed by atoms with Crippen molar-refractivity contribution in [2.24, 2.45) is 7.05 Å². The van der Waals surface area contributed by atoms with Crippen LogP contribution in [-0.2, 0) is 7.05 Å². The summed E-state index contributed by atoms with van der Waals surface area (Å²) in [6, 6.07) is 3.07. The molecule has 0 bridgehead atoms. The maximum atomic E-state index is 13.9. The summed E-state index contributed by atoms with van der Waals surface area (Å²) in [5.41, 5.74) is 7.55. The van der Waals surface area contributed by atoms with Gasteiger partial charge in [0.25, 0.3) is 0 Å². The molecule has 0 radical (unpaired) electrons. The summed E-state index contributed by atoms with van der Waals surface area (Å²) in [6.07, 6.45) is 1.54. The molecule has 1 aromatic carbocycles. The van der Waals surface area contributed by atoms with E-state index in [1.165, 1.54) is 10.7 Å². The summed E-state index contributed by atoms with van der Waals surface area (Å²) < 4.78 is 20.6. The first-order chi connectivity index (χ1) is 8.04. The Balaban J connectivity index is 2.63. The molecule has 0 aliphatic heterocycles. The maximum Gasteiger partial charge on any atom is 0.131 e. The standard InChI is InChI=1S/C12H14FN3O/c1-7-4-10(13)8(5-11(7)17-3)9-6-15-16(2)12(9)14/h4-6H,14H2,1-3H3. The molecule has 1 heterocycles. The molecule has 2 N–H and O–H groups in total. The number of hydrogen-bond donors (Lipinski definition) is 1. The zero-order chi connectivity index (χ0) is 12.6. The number of nitrogen functional groups attached to an aromatic ring is 1. The van der Waals surface area contributed by atoms with Crippen LogP contribution in [0.15, 0.2) is 18.3 Å². The molecule has 0 amide bonds. The Labute approximate surface area is 98.8 Å². The van der Waals surface area contributed by atoms with Crippen molar-refractivity contribution < 1.29 is 9.13 Å². The normalized spacial score (nSPS) is 10.6. The van der Waals surface area contributed by atoms with Crippen LogP contribution in [0.25, 0.3) is 11.1 Å². The van der Waals surface area contributed by atoms with Gasteiger partial charge in [-0.25, -0.2) is 4.39 Å². The molecule has 0 aliphatic rings. The fourth-order valence-electron chi connectivity index (χ4n) is 1.73. The molecule has 17 heavy (non-hydrogen) atoms. The highest BCUT2D eigenvalue weighted by atomic mass is 19.1. The molecule has 0 saturated carbocycles. The van der Waals surface area contributed by atoms with Crippen LogP contribution in [0.2, 0.25) is 0 Å². The molecule has 2 aromatic rings. The predicted octanol–water partition coefficient (Wildman–Crippen LogP) is 2.13. The van der Waals surface area contributed by atoms with Gasteiger partial charge in [-0.3, -0.25) is 4.68 Å². The lowest BCUT2D eigenvalue weighted by Crippen LogP contribution is -1.99. The van der Waals surface area contributed by atoms with Crippen molar-refractivity contribution in [2.45, 2.75) is 6.92 Å². The van der Waals surface area contributed by atoms with E-state index in [9.17, 15) is 4.39 Å². The van der Waals surface area contributed by atoms with E-state index in [2.05, 4.69) is 5.10 Å². The molecule has 0 unspecified atom stereocenters. The first-order valence-electron chi connectivity index (χ1n) is 5.16. The van der Waals surface area contributed by atoms with E-state index in [1.807, 2.05) is 0 Å². The van der Waals surface area contributed by atoms with Gasteiger partial charge < -0.3 is 10.5 Å². The average Bonchev–Trinajstić information content (AvgIpc) is 2.61. The Morgan fingerprint density at radius 1 is 1.35 bits per heavy atom. The van der Waals surface area contributed by atoms with Gasteiger partial charge in [-0.05, 0) is 24.6 Å². The Morgan fingerprint density at radius 3 is 2.59 bits per heavy atom. The topological polar surface area (TPSA) is 53.1 Å². The van der Waals surface area contributed by atoms with E-state index in [-0.39, 0.29) is 5.82 Å². The molecule has 2 rings (SSSR count). The van der Waals surface area contributed by atoms with Crippen molar-refractivity contribution in [2.75, 3.05) is 12.8 Å². The van der Waals surface area contributed by atoms with Crippen LogP contribution in [0.1, 0.15) is 5.56 Å². The minimum Gasteiger partial charge on any atom is -0.496 e. The molecule has 90 valence electrons. The first-order valence-corrected chi connectivity index (χ1v) is 5.16. The number of aromatic nitrogens is 2. The number of hydrogen-bond acceptors (Lipinski definition) is 3. The summed E-state index contributed by atoms with van der Waals surface area (Å²) in [5.74, 6) is 0.724. The Hall–Kier alpha value is -2.04. The van der Waals surface area contributed by atoms with Crippen molar-refractivity contribution in [3.05, 3.63) is 29.7 Å². The third-order valence-electron chi connectivity index (χ3n) is 2.76. The van der Waals surface area contributed by atoms with Crippen LogP contribution in [-0.4, -0.2) is 16.9 Å². The van der Waals surface area contributed by atoms with Crippen LogP contribution < -0.4 is 10.5 Å². The molecule has 0 atom stereocenters. The summed E-state index contributed by atoms with van der Waals surface area (Å²) in [7, 11) is 3.26. The number of halogens is 1. The van der Waals surface area contributed by atoms with Crippen molar-refractivity contribution in [1.82, 2.24) is 9.78 Å². The van der Waals surface area contributed by atoms with Gasteiger partial charge in [0.2, 0.25) is 0 Å². The van der Waals surface area contributed by atoms with E-state index in [1.54, 1.807) is 33.3 Å². The average molecular weight is 235 g/mol. The highest BCUT2D eigenvalue weighted by Crippen LogP contribution is 2.32. The van der Waals surface area contributed by atoms with Crippen LogP contribution in [0.5, 0.6) is 5.75 Å². The summed E-state index contributed by atoms with van der Waals surface area (Å²) >= 11 is 0. The molecule has 1 aromatic heterocycles. The smallest absolute Gasteiger partial charge is 0.131 e. The number of ether oxygens (including phenoxy) is 1. The van der Waals surface area contributed by atoms with Gasteiger partial charge in [0.15, 0.2) is 0 Å². The molecule has 0 saturated heterocycles.